The highest BCUT2D eigenvalue weighted by Crippen LogP contribution is 2.24. The Labute approximate surface area is 190 Å². The minimum atomic E-state index is -2.13. The minimum Gasteiger partial charge on any atom is -0.487 e. The zero-order chi connectivity index (χ0) is 24.2. The van der Waals surface area contributed by atoms with Crippen molar-refractivity contribution in [2.24, 2.45) is 0 Å². The number of hydrazine groups is 1. The summed E-state index contributed by atoms with van der Waals surface area (Å²) in [5.74, 6) is -9.33. The third-order valence-corrected chi connectivity index (χ3v) is 4.84. The van der Waals surface area contributed by atoms with Crippen molar-refractivity contribution in [2.75, 3.05) is 0 Å². The number of carbonyl (C=O) groups is 2. The zero-order valence-corrected chi connectivity index (χ0v) is 17.2. The number of pyridine rings is 1. The van der Waals surface area contributed by atoms with Gasteiger partial charge in [-0.25, -0.2) is 17.6 Å². The summed E-state index contributed by atoms with van der Waals surface area (Å²) in [4.78, 5) is 28.5. The highest BCUT2D eigenvalue weighted by molar-refractivity contribution is 5.99. The molecule has 172 valence electrons. The second-order valence-electron chi connectivity index (χ2n) is 7.07. The van der Waals surface area contributed by atoms with Crippen LogP contribution in [0.25, 0.3) is 10.9 Å². The van der Waals surface area contributed by atoms with E-state index in [1.807, 2.05) is 35.1 Å². The van der Waals surface area contributed by atoms with Gasteiger partial charge in [-0.3, -0.25) is 25.4 Å². The van der Waals surface area contributed by atoms with Crippen molar-refractivity contribution in [1.82, 2.24) is 15.8 Å². The van der Waals surface area contributed by atoms with E-state index in [9.17, 15) is 27.2 Å². The van der Waals surface area contributed by atoms with E-state index in [1.54, 1.807) is 24.4 Å². The molecule has 0 unspecified atom stereocenters. The number of para-hydroxylation sites is 1. The largest absolute Gasteiger partial charge is 0.487 e. The quantitative estimate of drug-likeness (QED) is 0.196. The lowest BCUT2D eigenvalue weighted by atomic mass is 10.1. The first-order chi connectivity index (χ1) is 16.3. The summed E-state index contributed by atoms with van der Waals surface area (Å²) >= 11 is 0. The molecule has 4 rings (SSSR count). The van der Waals surface area contributed by atoms with Gasteiger partial charge in [-0.1, -0.05) is 30.3 Å². The number of benzene rings is 3. The molecule has 3 aromatic carbocycles. The second kappa shape index (κ2) is 9.57. The first kappa shape index (κ1) is 22.7. The highest BCUT2D eigenvalue weighted by Gasteiger charge is 2.23. The van der Waals surface area contributed by atoms with Gasteiger partial charge < -0.3 is 4.74 Å². The number of amides is 2. The smallest absolute Gasteiger partial charge is 0.272 e. The fourth-order valence-corrected chi connectivity index (χ4v) is 3.10. The van der Waals surface area contributed by atoms with Crippen LogP contribution in [0.4, 0.5) is 17.6 Å². The Morgan fingerprint density at radius 1 is 0.824 bits per heavy atom. The van der Waals surface area contributed by atoms with Crippen LogP contribution in [0.3, 0.4) is 0 Å². The van der Waals surface area contributed by atoms with Gasteiger partial charge in [-0.2, -0.15) is 0 Å². The molecule has 0 saturated carbocycles. The predicted molar refractivity (Wildman–Crippen MR) is 114 cm³/mol. The van der Waals surface area contributed by atoms with E-state index in [-0.39, 0.29) is 18.2 Å². The van der Waals surface area contributed by atoms with E-state index in [2.05, 4.69) is 4.98 Å². The van der Waals surface area contributed by atoms with Crippen LogP contribution in [0.1, 0.15) is 26.3 Å². The number of hydrogen-bond acceptors (Lipinski definition) is 4. The monoisotopic (exact) mass is 469 g/mol. The van der Waals surface area contributed by atoms with Crippen LogP contribution < -0.4 is 15.6 Å². The van der Waals surface area contributed by atoms with Gasteiger partial charge in [0.1, 0.15) is 17.9 Å². The normalized spacial score (nSPS) is 10.7. The van der Waals surface area contributed by atoms with E-state index in [0.29, 0.717) is 11.3 Å². The summed E-state index contributed by atoms with van der Waals surface area (Å²) < 4.78 is 59.1. The summed E-state index contributed by atoms with van der Waals surface area (Å²) in [5, 5.41) is 0.931. The van der Waals surface area contributed by atoms with Crippen LogP contribution in [-0.2, 0) is 6.61 Å². The maximum Gasteiger partial charge on any atom is 0.272 e. The standard InChI is InChI=1S/C24H15F4N3O3/c25-17-11-16(19(26)21(28)20(17)27)24(33)31-30-23(32)15-8-6-13(7-9-15)12-34-18-5-1-3-14-4-2-10-29-22(14)18/h1-11H,12H2,(H,30,32)(H,31,33). The molecule has 4 aromatic rings. The van der Waals surface area contributed by atoms with Crippen molar-refractivity contribution < 1.29 is 31.9 Å². The Bertz CT molecular complexity index is 1390. The van der Waals surface area contributed by atoms with Gasteiger partial charge in [0.15, 0.2) is 23.3 Å². The van der Waals surface area contributed by atoms with Crippen molar-refractivity contribution in [3.63, 3.8) is 0 Å². The maximum absolute atomic E-state index is 13.7. The number of nitrogens with one attached hydrogen (secondary N) is 2. The van der Waals surface area contributed by atoms with Crippen LogP contribution in [0.5, 0.6) is 5.75 Å². The number of ether oxygens (including phenoxy) is 1. The summed E-state index contributed by atoms with van der Waals surface area (Å²) in [6.45, 7) is 0.204. The molecular formula is C24H15F4N3O3. The van der Waals surface area contributed by atoms with Gasteiger partial charge in [0.2, 0.25) is 0 Å². The number of aromatic nitrogens is 1. The SMILES string of the molecule is O=C(NNC(=O)c1cc(F)c(F)c(F)c1F)c1ccc(COc2cccc3cccnc23)cc1. The van der Waals surface area contributed by atoms with Crippen molar-refractivity contribution in [3.05, 3.63) is 107 Å². The molecule has 0 aliphatic rings. The average molecular weight is 469 g/mol. The van der Waals surface area contributed by atoms with E-state index in [1.165, 1.54) is 12.1 Å². The third-order valence-electron chi connectivity index (χ3n) is 4.84. The number of fused-ring (bicyclic) bond motifs is 1. The lowest BCUT2D eigenvalue weighted by molar-refractivity contribution is 0.0843. The number of hydrogen-bond donors (Lipinski definition) is 2. The molecular weight excluding hydrogens is 454 g/mol. The van der Waals surface area contributed by atoms with Gasteiger partial charge >= 0.3 is 0 Å². The second-order valence-corrected chi connectivity index (χ2v) is 7.07. The molecule has 0 radical (unpaired) electrons. The molecule has 10 heteroatoms. The van der Waals surface area contributed by atoms with Gasteiger partial charge in [-0.15, -0.1) is 0 Å². The number of carbonyl (C=O) groups excluding carboxylic acids is 2. The van der Waals surface area contributed by atoms with Crippen LogP contribution in [-0.4, -0.2) is 16.8 Å². The van der Waals surface area contributed by atoms with Crippen LogP contribution in [0.2, 0.25) is 0 Å². The first-order valence-electron chi connectivity index (χ1n) is 9.84. The van der Waals surface area contributed by atoms with Crippen molar-refractivity contribution in [1.29, 1.82) is 0 Å². The summed E-state index contributed by atoms with van der Waals surface area (Å²) in [5.41, 5.74) is 4.30. The molecule has 2 N–H and O–H groups in total. The summed E-state index contributed by atoms with van der Waals surface area (Å²) in [6, 6.07) is 15.7. The number of rotatable bonds is 5. The maximum atomic E-state index is 13.7. The molecule has 0 atom stereocenters. The fraction of sp³-hybridized carbons (Fsp3) is 0.0417. The molecule has 0 aliphatic heterocycles. The Kier molecular flexibility index (Phi) is 6.39. The van der Waals surface area contributed by atoms with E-state index in [4.69, 9.17) is 4.74 Å². The van der Waals surface area contributed by atoms with Crippen molar-refractivity contribution >= 4 is 22.7 Å². The van der Waals surface area contributed by atoms with Crippen LogP contribution in [0.15, 0.2) is 66.9 Å². The van der Waals surface area contributed by atoms with E-state index in [0.717, 1.165) is 10.9 Å². The van der Waals surface area contributed by atoms with Gasteiger partial charge in [-0.05, 0) is 35.9 Å². The van der Waals surface area contributed by atoms with Crippen molar-refractivity contribution in [3.8, 4) is 5.75 Å². The molecule has 0 bridgehead atoms. The van der Waals surface area contributed by atoms with Crippen LogP contribution in [0, 0.1) is 23.3 Å². The lowest BCUT2D eigenvalue weighted by Crippen LogP contribution is -2.42. The van der Waals surface area contributed by atoms with E-state index >= 15 is 0 Å². The molecule has 0 aliphatic carbocycles. The topological polar surface area (TPSA) is 80.3 Å². The van der Waals surface area contributed by atoms with Gasteiger partial charge in [0, 0.05) is 17.1 Å². The molecule has 6 nitrogen and oxygen atoms in total. The Hall–Kier alpha value is -4.47. The first-order valence-corrected chi connectivity index (χ1v) is 9.84. The molecule has 1 heterocycles. The Morgan fingerprint density at radius 3 is 2.29 bits per heavy atom. The molecule has 0 spiro atoms. The molecule has 0 saturated heterocycles. The summed E-state index contributed by atoms with van der Waals surface area (Å²) in [6.07, 6.45) is 1.67. The molecule has 34 heavy (non-hydrogen) atoms. The Balaban J connectivity index is 1.36. The van der Waals surface area contributed by atoms with Crippen LogP contribution >= 0.6 is 0 Å². The van der Waals surface area contributed by atoms with Gasteiger partial charge in [0.25, 0.3) is 11.8 Å². The van der Waals surface area contributed by atoms with Gasteiger partial charge in [0.05, 0.1) is 5.56 Å². The van der Waals surface area contributed by atoms with Crippen molar-refractivity contribution in [2.45, 2.75) is 6.61 Å². The highest BCUT2D eigenvalue weighted by atomic mass is 19.2. The third kappa shape index (κ3) is 4.65. The number of halogens is 4. The predicted octanol–water partition coefficient (Wildman–Crippen LogP) is 4.45. The van der Waals surface area contributed by atoms with E-state index < -0.39 is 40.6 Å². The fourth-order valence-electron chi connectivity index (χ4n) is 3.10. The minimum absolute atomic E-state index is 0.132. The summed E-state index contributed by atoms with van der Waals surface area (Å²) in [7, 11) is 0. The molecule has 2 amide bonds. The lowest BCUT2D eigenvalue weighted by Gasteiger charge is -2.10. The number of nitrogens with zero attached hydrogens (tertiary/aromatic N) is 1. The average Bonchev–Trinajstić information content (AvgIpc) is 2.87. The zero-order valence-electron chi connectivity index (χ0n) is 17.2. The molecule has 1 aromatic heterocycles. The Morgan fingerprint density at radius 2 is 1.53 bits per heavy atom. The molecule has 0 fully saturated rings.